The molecule has 0 unspecified atom stereocenters. The Morgan fingerprint density at radius 3 is 2.70 bits per heavy atom. The minimum atomic E-state index is 0.788. The SMILES string of the molecule is CN1CCN(c2ncnc(NCC3CC3)c2C=N)CC1. The molecule has 0 aromatic carbocycles. The number of hydrogen-bond acceptors (Lipinski definition) is 6. The van der Waals surface area contributed by atoms with Gasteiger partial charge in [0.15, 0.2) is 0 Å². The molecule has 0 spiro atoms. The molecule has 2 heterocycles. The van der Waals surface area contributed by atoms with Gasteiger partial charge in [-0.25, -0.2) is 9.97 Å². The maximum Gasteiger partial charge on any atom is 0.143 e. The van der Waals surface area contributed by atoms with Crippen LogP contribution in [-0.4, -0.2) is 60.9 Å². The van der Waals surface area contributed by atoms with Gasteiger partial charge in [0.1, 0.15) is 18.0 Å². The van der Waals surface area contributed by atoms with E-state index in [1.165, 1.54) is 19.1 Å². The summed E-state index contributed by atoms with van der Waals surface area (Å²) in [5.41, 5.74) is 0.817. The van der Waals surface area contributed by atoms with Gasteiger partial charge in [0, 0.05) is 38.9 Å². The van der Waals surface area contributed by atoms with Crippen LogP contribution in [0.15, 0.2) is 6.33 Å². The van der Waals surface area contributed by atoms with Crippen molar-refractivity contribution in [1.29, 1.82) is 5.41 Å². The van der Waals surface area contributed by atoms with Gasteiger partial charge in [-0.1, -0.05) is 0 Å². The van der Waals surface area contributed by atoms with E-state index in [9.17, 15) is 0 Å². The standard InChI is InChI=1S/C14H22N6/c1-19-4-6-20(7-5-19)14-12(8-15)13(17-10-18-14)16-9-11-2-3-11/h8,10-11,15H,2-7,9H2,1H3,(H,16,17,18). The molecule has 1 aliphatic heterocycles. The van der Waals surface area contributed by atoms with Crippen LogP contribution in [-0.2, 0) is 0 Å². The molecule has 1 saturated heterocycles. The Morgan fingerprint density at radius 1 is 1.30 bits per heavy atom. The second kappa shape index (κ2) is 5.75. The predicted octanol–water partition coefficient (Wildman–Crippen LogP) is 1.05. The van der Waals surface area contributed by atoms with Crippen molar-refractivity contribution in [2.24, 2.45) is 5.92 Å². The summed E-state index contributed by atoms with van der Waals surface area (Å²) < 4.78 is 0. The highest BCUT2D eigenvalue weighted by Gasteiger charge is 2.23. The molecule has 0 radical (unpaired) electrons. The van der Waals surface area contributed by atoms with Gasteiger partial charge >= 0.3 is 0 Å². The van der Waals surface area contributed by atoms with E-state index in [2.05, 4.69) is 32.1 Å². The summed E-state index contributed by atoms with van der Waals surface area (Å²) >= 11 is 0. The van der Waals surface area contributed by atoms with Gasteiger partial charge < -0.3 is 20.5 Å². The zero-order valence-corrected chi connectivity index (χ0v) is 12.0. The topological polar surface area (TPSA) is 68.1 Å². The van der Waals surface area contributed by atoms with Crippen LogP contribution in [0.5, 0.6) is 0 Å². The Bertz CT molecular complexity index is 477. The minimum absolute atomic E-state index is 0.788. The fraction of sp³-hybridized carbons (Fsp3) is 0.643. The largest absolute Gasteiger partial charge is 0.369 e. The number of anilines is 2. The number of nitrogens with zero attached hydrogens (tertiary/aromatic N) is 4. The molecule has 3 rings (SSSR count). The van der Waals surface area contributed by atoms with Gasteiger partial charge in [-0.2, -0.15) is 0 Å². The molecular weight excluding hydrogens is 252 g/mol. The highest BCUT2D eigenvalue weighted by Crippen LogP contribution is 2.30. The van der Waals surface area contributed by atoms with Gasteiger partial charge in [-0.05, 0) is 25.8 Å². The summed E-state index contributed by atoms with van der Waals surface area (Å²) in [6.45, 7) is 4.94. The zero-order chi connectivity index (χ0) is 13.9. The Labute approximate surface area is 119 Å². The van der Waals surface area contributed by atoms with E-state index in [1.807, 2.05) is 0 Å². The smallest absolute Gasteiger partial charge is 0.143 e. The Balaban J connectivity index is 1.78. The summed E-state index contributed by atoms with van der Waals surface area (Å²) in [6.07, 6.45) is 5.60. The second-order valence-electron chi connectivity index (χ2n) is 5.72. The highest BCUT2D eigenvalue weighted by molar-refractivity contribution is 5.91. The van der Waals surface area contributed by atoms with Gasteiger partial charge in [0.2, 0.25) is 0 Å². The van der Waals surface area contributed by atoms with Crippen LogP contribution in [0, 0.1) is 11.3 Å². The van der Waals surface area contributed by atoms with Crippen molar-refractivity contribution in [3.63, 3.8) is 0 Å². The molecule has 1 aliphatic carbocycles. The van der Waals surface area contributed by atoms with E-state index >= 15 is 0 Å². The third-order valence-electron chi connectivity index (χ3n) is 4.07. The lowest BCUT2D eigenvalue weighted by Crippen LogP contribution is -2.45. The molecule has 2 N–H and O–H groups in total. The average molecular weight is 274 g/mol. The number of aromatic nitrogens is 2. The van der Waals surface area contributed by atoms with Crippen LogP contribution in [0.25, 0.3) is 0 Å². The first-order valence-corrected chi connectivity index (χ1v) is 7.30. The summed E-state index contributed by atoms with van der Waals surface area (Å²) in [4.78, 5) is 13.3. The Hall–Kier alpha value is -1.69. The fourth-order valence-corrected chi connectivity index (χ4v) is 2.49. The monoisotopic (exact) mass is 274 g/mol. The molecule has 0 bridgehead atoms. The van der Waals surface area contributed by atoms with E-state index in [0.717, 1.165) is 55.8 Å². The Morgan fingerprint density at radius 2 is 2.05 bits per heavy atom. The van der Waals surface area contributed by atoms with Crippen molar-refractivity contribution in [2.75, 3.05) is 50.0 Å². The molecule has 2 fully saturated rings. The lowest BCUT2D eigenvalue weighted by molar-refractivity contribution is 0.312. The quantitative estimate of drug-likeness (QED) is 0.786. The third-order valence-corrected chi connectivity index (χ3v) is 4.07. The molecule has 1 aromatic heterocycles. The van der Waals surface area contributed by atoms with Crippen molar-refractivity contribution in [1.82, 2.24) is 14.9 Å². The maximum atomic E-state index is 7.70. The van der Waals surface area contributed by atoms with Crippen molar-refractivity contribution < 1.29 is 0 Å². The van der Waals surface area contributed by atoms with Crippen LogP contribution in [0.2, 0.25) is 0 Å². The molecule has 1 saturated carbocycles. The minimum Gasteiger partial charge on any atom is -0.369 e. The molecule has 6 heteroatoms. The molecule has 6 nitrogen and oxygen atoms in total. The van der Waals surface area contributed by atoms with E-state index in [0.29, 0.717) is 0 Å². The molecular formula is C14H22N6. The first-order valence-electron chi connectivity index (χ1n) is 7.30. The van der Waals surface area contributed by atoms with Crippen molar-refractivity contribution in [3.8, 4) is 0 Å². The maximum absolute atomic E-state index is 7.70. The Kier molecular flexibility index (Phi) is 3.82. The highest BCUT2D eigenvalue weighted by atomic mass is 15.3. The number of nitrogens with one attached hydrogen (secondary N) is 2. The summed E-state index contributed by atoms with van der Waals surface area (Å²) in [5.74, 6) is 2.48. The number of piperazine rings is 1. The van der Waals surface area contributed by atoms with Gasteiger partial charge in [-0.15, -0.1) is 0 Å². The van der Waals surface area contributed by atoms with Crippen LogP contribution < -0.4 is 10.2 Å². The van der Waals surface area contributed by atoms with Crippen LogP contribution in [0.4, 0.5) is 11.6 Å². The van der Waals surface area contributed by atoms with Crippen LogP contribution in [0.1, 0.15) is 18.4 Å². The molecule has 108 valence electrons. The van der Waals surface area contributed by atoms with E-state index < -0.39 is 0 Å². The molecule has 0 atom stereocenters. The number of rotatable bonds is 5. The predicted molar refractivity (Wildman–Crippen MR) is 80.8 cm³/mol. The molecule has 0 amide bonds. The van der Waals surface area contributed by atoms with Crippen molar-refractivity contribution >= 4 is 17.9 Å². The summed E-state index contributed by atoms with van der Waals surface area (Å²) in [7, 11) is 2.14. The second-order valence-corrected chi connectivity index (χ2v) is 5.72. The normalized spacial score (nSPS) is 19.9. The van der Waals surface area contributed by atoms with E-state index in [4.69, 9.17) is 5.41 Å². The summed E-state index contributed by atoms with van der Waals surface area (Å²) in [5, 5.41) is 11.1. The fourth-order valence-electron chi connectivity index (χ4n) is 2.49. The van der Waals surface area contributed by atoms with Crippen molar-refractivity contribution in [2.45, 2.75) is 12.8 Å². The first-order chi connectivity index (χ1) is 9.78. The molecule has 20 heavy (non-hydrogen) atoms. The summed E-state index contributed by atoms with van der Waals surface area (Å²) in [6, 6.07) is 0. The lowest BCUT2D eigenvalue weighted by atomic mass is 10.2. The first kappa shape index (κ1) is 13.3. The van der Waals surface area contributed by atoms with Crippen molar-refractivity contribution in [3.05, 3.63) is 11.9 Å². The average Bonchev–Trinajstić information content (AvgIpc) is 3.29. The third kappa shape index (κ3) is 2.90. The molecule has 2 aliphatic rings. The van der Waals surface area contributed by atoms with Crippen LogP contribution in [0.3, 0.4) is 0 Å². The number of hydrogen-bond donors (Lipinski definition) is 2. The van der Waals surface area contributed by atoms with Gasteiger partial charge in [0.25, 0.3) is 0 Å². The van der Waals surface area contributed by atoms with Crippen LogP contribution >= 0.6 is 0 Å². The van der Waals surface area contributed by atoms with Gasteiger partial charge in [0.05, 0.1) is 5.56 Å². The van der Waals surface area contributed by atoms with Gasteiger partial charge in [-0.3, -0.25) is 0 Å². The lowest BCUT2D eigenvalue weighted by Gasteiger charge is -2.34. The van der Waals surface area contributed by atoms with E-state index in [-0.39, 0.29) is 0 Å². The zero-order valence-electron chi connectivity index (χ0n) is 12.0. The van der Waals surface area contributed by atoms with E-state index in [1.54, 1.807) is 6.33 Å². The molecule has 1 aromatic rings. The number of likely N-dealkylation sites (N-methyl/N-ethyl adjacent to an activating group) is 1.